The molecule has 0 aromatic carbocycles. The lowest BCUT2D eigenvalue weighted by molar-refractivity contribution is 0.473. The Morgan fingerprint density at radius 2 is 2.33 bits per heavy atom. The zero-order valence-corrected chi connectivity index (χ0v) is 9.77. The van der Waals surface area contributed by atoms with Gasteiger partial charge in [0.1, 0.15) is 12.2 Å². The predicted octanol–water partition coefficient (Wildman–Crippen LogP) is 1.57. The largest absolute Gasteiger partial charge is 0.316 e. The number of nitrogens with one attached hydrogen (secondary N) is 1. The third-order valence-corrected chi connectivity index (χ3v) is 2.42. The van der Waals surface area contributed by atoms with Crippen LogP contribution in [0.25, 0.3) is 0 Å². The Morgan fingerprint density at radius 3 is 2.87 bits per heavy atom. The molecule has 0 radical (unpaired) electrons. The van der Waals surface area contributed by atoms with Gasteiger partial charge in [-0.3, -0.25) is 0 Å². The van der Waals surface area contributed by atoms with Crippen LogP contribution in [-0.4, -0.2) is 27.9 Å². The molecule has 1 aromatic rings. The van der Waals surface area contributed by atoms with E-state index < -0.39 is 0 Å². The highest BCUT2D eigenvalue weighted by Gasteiger charge is 2.12. The Labute approximate surface area is 91.4 Å². The number of likely N-dealkylation sites (N-methyl/N-ethyl adjacent to an activating group) is 1. The van der Waals surface area contributed by atoms with Gasteiger partial charge in [-0.1, -0.05) is 6.08 Å². The van der Waals surface area contributed by atoms with Gasteiger partial charge in [-0.25, -0.2) is 9.67 Å². The first-order valence-corrected chi connectivity index (χ1v) is 5.35. The quantitative estimate of drug-likeness (QED) is 0.721. The SMILES string of the molecule is C=CCC(Cc1ncnn1C(C)C)NC. The Morgan fingerprint density at radius 1 is 1.60 bits per heavy atom. The Balaban J connectivity index is 2.69. The van der Waals surface area contributed by atoms with Crippen molar-refractivity contribution in [2.45, 2.75) is 38.8 Å². The number of hydrogen-bond acceptors (Lipinski definition) is 3. The van der Waals surface area contributed by atoms with Crippen molar-refractivity contribution in [1.82, 2.24) is 20.1 Å². The van der Waals surface area contributed by atoms with Crippen LogP contribution in [0.3, 0.4) is 0 Å². The van der Waals surface area contributed by atoms with E-state index in [1.807, 2.05) is 17.8 Å². The molecule has 0 spiro atoms. The van der Waals surface area contributed by atoms with Crippen LogP contribution in [0.4, 0.5) is 0 Å². The van der Waals surface area contributed by atoms with E-state index in [1.54, 1.807) is 6.33 Å². The second kappa shape index (κ2) is 5.66. The van der Waals surface area contributed by atoms with Crippen LogP contribution in [0.1, 0.15) is 32.1 Å². The minimum atomic E-state index is 0.365. The van der Waals surface area contributed by atoms with Gasteiger partial charge in [-0.15, -0.1) is 6.58 Å². The van der Waals surface area contributed by atoms with Gasteiger partial charge in [0.05, 0.1) is 0 Å². The van der Waals surface area contributed by atoms with Crippen LogP contribution < -0.4 is 5.32 Å². The first kappa shape index (κ1) is 11.9. The van der Waals surface area contributed by atoms with Crippen molar-refractivity contribution in [3.8, 4) is 0 Å². The number of nitrogens with zero attached hydrogens (tertiary/aromatic N) is 3. The van der Waals surface area contributed by atoms with E-state index in [2.05, 4.69) is 35.8 Å². The molecule has 0 aliphatic carbocycles. The summed E-state index contributed by atoms with van der Waals surface area (Å²) in [7, 11) is 1.96. The molecule has 4 heteroatoms. The van der Waals surface area contributed by atoms with Crippen LogP contribution in [0.2, 0.25) is 0 Å². The minimum Gasteiger partial charge on any atom is -0.316 e. The fraction of sp³-hybridized carbons (Fsp3) is 0.636. The molecule has 1 unspecified atom stereocenters. The van der Waals surface area contributed by atoms with E-state index in [0.29, 0.717) is 12.1 Å². The first-order valence-electron chi connectivity index (χ1n) is 5.35. The van der Waals surface area contributed by atoms with Crippen molar-refractivity contribution < 1.29 is 0 Å². The molecule has 0 aliphatic rings. The van der Waals surface area contributed by atoms with Crippen molar-refractivity contribution in [2.24, 2.45) is 0 Å². The Bertz CT molecular complexity index is 303. The molecular formula is C11H20N4. The zero-order chi connectivity index (χ0) is 11.3. The standard InChI is InChI=1S/C11H20N4/c1-5-6-10(12-4)7-11-13-8-14-15(11)9(2)3/h5,8-10,12H,1,6-7H2,2-4H3. The van der Waals surface area contributed by atoms with Gasteiger partial charge in [0.15, 0.2) is 0 Å². The van der Waals surface area contributed by atoms with Gasteiger partial charge in [-0.2, -0.15) is 5.10 Å². The number of hydrogen-bond donors (Lipinski definition) is 1. The van der Waals surface area contributed by atoms with Crippen molar-refractivity contribution in [2.75, 3.05) is 7.05 Å². The van der Waals surface area contributed by atoms with Gasteiger partial charge in [0.25, 0.3) is 0 Å². The molecule has 0 saturated carbocycles. The third-order valence-electron chi connectivity index (χ3n) is 2.42. The molecule has 0 aliphatic heterocycles. The van der Waals surface area contributed by atoms with E-state index in [4.69, 9.17) is 0 Å². The summed E-state index contributed by atoms with van der Waals surface area (Å²) in [5, 5.41) is 7.47. The number of rotatable bonds is 6. The molecule has 0 bridgehead atoms. The summed E-state index contributed by atoms with van der Waals surface area (Å²) < 4.78 is 1.97. The topological polar surface area (TPSA) is 42.7 Å². The zero-order valence-electron chi connectivity index (χ0n) is 9.77. The molecule has 0 saturated heterocycles. The summed E-state index contributed by atoms with van der Waals surface area (Å²) >= 11 is 0. The van der Waals surface area contributed by atoms with Gasteiger partial charge < -0.3 is 5.32 Å². The van der Waals surface area contributed by atoms with E-state index in [0.717, 1.165) is 18.7 Å². The molecule has 1 N–H and O–H groups in total. The van der Waals surface area contributed by atoms with Crippen molar-refractivity contribution >= 4 is 0 Å². The molecule has 1 heterocycles. The molecule has 1 rings (SSSR count). The maximum atomic E-state index is 4.28. The maximum absolute atomic E-state index is 4.28. The van der Waals surface area contributed by atoms with E-state index >= 15 is 0 Å². The highest BCUT2D eigenvalue weighted by Crippen LogP contribution is 2.08. The smallest absolute Gasteiger partial charge is 0.138 e. The maximum Gasteiger partial charge on any atom is 0.138 e. The van der Waals surface area contributed by atoms with Crippen LogP contribution in [-0.2, 0) is 6.42 Å². The molecule has 1 aromatic heterocycles. The fourth-order valence-electron chi connectivity index (χ4n) is 1.58. The first-order chi connectivity index (χ1) is 7.19. The highest BCUT2D eigenvalue weighted by molar-refractivity contribution is 4.93. The molecule has 4 nitrogen and oxygen atoms in total. The summed E-state index contributed by atoms with van der Waals surface area (Å²) in [4.78, 5) is 4.28. The summed E-state index contributed by atoms with van der Waals surface area (Å²) in [6, 6.07) is 0.757. The van der Waals surface area contributed by atoms with Gasteiger partial charge in [0, 0.05) is 18.5 Å². The van der Waals surface area contributed by atoms with Crippen LogP contribution in [0.5, 0.6) is 0 Å². The molecule has 84 valence electrons. The van der Waals surface area contributed by atoms with Crippen molar-refractivity contribution in [3.05, 3.63) is 24.8 Å². The van der Waals surface area contributed by atoms with Gasteiger partial charge >= 0.3 is 0 Å². The second-order valence-electron chi connectivity index (χ2n) is 3.93. The van der Waals surface area contributed by atoms with Crippen LogP contribution >= 0.6 is 0 Å². The average Bonchev–Trinajstić information content (AvgIpc) is 2.65. The van der Waals surface area contributed by atoms with E-state index in [9.17, 15) is 0 Å². The lowest BCUT2D eigenvalue weighted by Crippen LogP contribution is -2.28. The van der Waals surface area contributed by atoms with Crippen LogP contribution in [0.15, 0.2) is 19.0 Å². The molecule has 0 amide bonds. The summed E-state index contributed by atoms with van der Waals surface area (Å²) in [5.74, 6) is 1.03. The van der Waals surface area contributed by atoms with Crippen molar-refractivity contribution in [1.29, 1.82) is 0 Å². The summed E-state index contributed by atoms with van der Waals surface area (Å²) in [6.45, 7) is 7.97. The monoisotopic (exact) mass is 208 g/mol. The van der Waals surface area contributed by atoms with Gasteiger partial charge in [0.2, 0.25) is 0 Å². The molecule has 1 atom stereocenters. The lowest BCUT2D eigenvalue weighted by Gasteiger charge is -2.15. The summed E-state index contributed by atoms with van der Waals surface area (Å²) in [6.07, 6.45) is 5.38. The number of aromatic nitrogens is 3. The van der Waals surface area contributed by atoms with Crippen molar-refractivity contribution in [3.63, 3.8) is 0 Å². The van der Waals surface area contributed by atoms with Crippen LogP contribution in [0, 0.1) is 0 Å². The van der Waals surface area contributed by atoms with E-state index in [-0.39, 0.29) is 0 Å². The third kappa shape index (κ3) is 3.16. The fourth-order valence-corrected chi connectivity index (χ4v) is 1.58. The minimum absolute atomic E-state index is 0.365. The Hall–Kier alpha value is -1.16. The highest BCUT2D eigenvalue weighted by atomic mass is 15.3. The molecule has 15 heavy (non-hydrogen) atoms. The average molecular weight is 208 g/mol. The second-order valence-corrected chi connectivity index (χ2v) is 3.93. The van der Waals surface area contributed by atoms with Gasteiger partial charge in [-0.05, 0) is 27.3 Å². The summed E-state index contributed by atoms with van der Waals surface area (Å²) in [5.41, 5.74) is 0. The lowest BCUT2D eigenvalue weighted by atomic mass is 10.1. The normalized spacial score (nSPS) is 13.1. The molecule has 0 fully saturated rings. The predicted molar refractivity (Wildman–Crippen MR) is 61.8 cm³/mol. The Kier molecular flexibility index (Phi) is 4.49. The molecular weight excluding hydrogens is 188 g/mol. The van der Waals surface area contributed by atoms with E-state index in [1.165, 1.54) is 0 Å².